The van der Waals surface area contributed by atoms with Gasteiger partial charge in [-0.25, -0.2) is 0 Å². The second-order valence-electron chi connectivity index (χ2n) is 6.79. The molecule has 1 saturated heterocycles. The van der Waals surface area contributed by atoms with Gasteiger partial charge in [0.15, 0.2) is 4.80 Å². The van der Waals surface area contributed by atoms with Gasteiger partial charge < -0.3 is 14.0 Å². The zero-order chi connectivity index (χ0) is 18.1. The van der Waals surface area contributed by atoms with Gasteiger partial charge in [-0.05, 0) is 50.8 Å². The molecule has 1 amide bonds. The number of thiazole rings is 1. The molecule has 0 unspecified atom stereocenters. The van der Waals surface area contributed by atoms with E-state index in [1.54, 1.807) is 18.2 Å². The normalized spacial score (nSPS) is 20.5. The summed E-state index contributed by atoms with van der Waals surface area (Å²) in [6.07, 6.45) is 6.61. The first kappa shape index (κ1) is 17.8. The number of carbonyl (C=O) groups excluding carboxylic acids is 1. The lowest BCUT2D eigenvalue weighted by molar-refractivity contribution is 0.0948. The smallest absolute Gasteiger partial charge is 0.283 e. The summed E-state index contributed by atoms with van der Waals surface area (Å²) in [5.74, 6) is 0.232. The first-order chi connectivity index (χ1) is 12.6. The summed E-state index contributed by atoms with van der Waals surface area (Å²) in [7, 11) is 0. The van der Waals surface area contributed by atoms with E-state index in [1.807, 2.05) is 17.7 Å². The van der Waals surface area contributed by atoms with Gasteiger partial charge in [-0.15, -0.1) is 11.3 Å². The molecule has 5 nitrogen and oxygen atoms in total. The Morgan fingerprint density at radius 1 is 1.42 bits per heavy atom. The van der Waals surface area contributed by atoms with Gasteiger partial charge in [-0.3, -0.25) is 4.79 Å². The first-order valence-corrected chi connectivity index (χ1v) is 10.1. The van der Waals surface area contributed by atoms with Crippen molar-refractivity contribution in [2.24, 2.45) is 4.99 Å². The van der Waals surface area contributed by atoms with E-state index >= 15 is 0 Å². The average Bonchev–Trinajstić information content (AvgIpc) is 3.14. The largest absolute Gasteiger partial charge is 0.490 e. The molecule has 2 aromatic rings. The lowest BCUT2D eigenvalue weighted by Crippen LogP contribution is -2.23. The van der Waals surface area contributed by atoms with Crippen LogP contribution in [0.3, 0.4) is 0 Å². The maximum absolute atomic E-state index is 12.8. The molecule has 7 heteroatoms. The van der Waals surface area contributed by atoms with Gasteiger partial charge in [-0.2, -0.15) is 4.99 Å². The zero-order valence-electron chi connectivity index (χ0n) is 14.6. The van der Waals surface area contributed by atoms with Crippen LogP contribution >= 0.6 is 22.9 Å². The van der Waals surface area contributed by atoms with E-state index in [0.29, 0.717) is 21.1 Å². The number of benzene rings is 1. The predicted molar refractivity (Wildman–Crippen MR) is 101 cm³/mol. The molecule has 0 bridgehead atoms. The summed E-state index contributed by atoms with van der Waals surface area (Å²) in [6, 6.07) is 5.13. The van der Waals surface area contributed by atoms with Crippen LogP contribution < -0.4 is 9.54 Å². The fraction of sp³-hybridized carbons (Fsp3) is 0.474. The highest BCUT2D eigenvalue weighted by molar-refractivity contribution is 7.09. The van der Waals surface area contributed by atoms with Crippen molar-refractivity contribution >= 4 is 28.8 Å². The van der Waals surface area contributed by atoms with E-state index in [9.17, 15) is 4.79 Å². The third-order valence-corrected chi connectivity index (χ3v) is 5.62. The highest BCUT2D eigenvalue weighted by Crippen LogP contribution is 2.31. The number of hydrogen-bond acceptors (Lipinski definition) is 4. The standard InChI is InChI=1S/C19H21ClN2O3S/c1-12-10-22(11-15-3-2-8-24-15)19(26-12)21-18(23)16-9-13(20)4-7-17(16)25-14-5-6-14/h4,7,9-10,14-15H,2-3,5-6,8,11H2,1H3/b21-19-/t15-/m1/s1. The highest BCUT2D eigenvalue weighted by Gasteiger charge is 2.26. The molecule has 2 heterocycles. The maximum atomic E-state index is 12.8. The number of carbonyl (C=O) groups is 1. The summed E-state index contributed by atoms with van der Waals surface area (Å²) in [5, 5.41) is 0.501. The molecule has 0 N–H and O–H groups in total. The predicted octanol–water partition coefficient (Wildman–Crippen LogP) is 3.97. The third kappa shape index (κ3) is 4.19. The molecule has 2 aliphatic rings. The van der Waals surface area contributed by atoms with Crippen LogP contribution in [-0.2, 0) is 11.3 Å². The van der Waals surface area contributed by atoms with Crippen molar-refractivity contribution in [1.82, 2.24) is 4.57 Å². The topological polar surface area (TPSA) is 52.8 Å². The molecule has 26 heavy (non-hydrogen) atoms. The summed E-state index contributed by atoms with van der Waals surface area (Å²) in [5.41, 5.74) is 0.416. The number of aryl methyl sites for hydroxylation is 1. The number of rotatable bonds is 5. The number of halogens is 1. The lowest BCUT2D eigenvalue weighted by atomic mass is 10.2. The van der Waals surface area contributed by atoms with E-state index in [1.165, 1.54) is 11.3 Å². The van der Waals surface area contributed by atoms with Gasteiger partial charge in [0.2, 0.25) is 0 Å². The van der Waals surface area contributed by atoms with Crippen molar-refractivity contribution in [2.45, 2.75) is 51.4 Å². The van der Waals surface area contributed by atoms with Crippen molar-refractivity contribution < 1.29 is 14.3 Å². The maximum Gasteiger partial charge on any atom is 0.283 e. The fourth-order valence-electron chi connectivity index (χ4n) is 3.01. The van der Waals surface area contributed by atoms with Crippen LogP contribution in [0.5, 0.6) is 5.75 Å². The Kier molecular flexibility index (Phi) is 5.16. The summed E-state index contributed by atoms with van der Waals surface area (Å²) in [4.78, 5) is 19.0. The molecule has 1 atom stereocenters. The zero-order valence-corrected chi connectivity index (χ0v) is 16.2. The molecule has 0 spiro atoms. The fourth-order valence-corrected chi connectivity index (χ4v) is 4.03. The monoisotopic (exact) mass is 392 g/mol. The van der Waals surface area contributed by atoms with Gasteiger partial charge in [0.05, 0.1) is 24.3 Å². The van der Waals surface area contributed by atoms with Crippen LogP contribution in [0.25, 0.3) is 0 Å². The van der Waals surface area contributed by atoms with E-state index in [0.717, 1.165) is 43.7 Å². The SMILES string of the molecule is Cc1cn(C[C@H]2CCCO2)/c(=N/C(=O)c2cc(Cl)ccc2OC2CC2)s1. The minimum Gasteiger partial charge on any atom is -0.490 e. The molecular formula is C19H21ClN2O3S. The van der Waals surface area contributed by atoms with Crippen molar-refractivity contribution in [2.75, 3.05) is 6.61 Å². The van der Waals surface area contributed by atoms with Crippen molar-refractivity contribution in [3.8, 4) is 5.75 Å². The summed E-state index contributed by atoms with van der Waals surface area (Å²) < 4.78 is 13.6. The van der Waals surface area contributed by atoms with Crippen LogP contribution in [-0.4, -0.2) is 29.3 Å². The summed E-state index contributed by atoms with van der Waals surface area (Å²) in [6.45, 7) is 3.54. The molecule has 138 valence electrons. The Morgan fingerprint density at radius 2 is 2.27 bits per heavy atom. The van der Waals surface area contributed by atoms with Gasteiger partial charge in [0.25, 0.3) is 5.91 Å². The molecule has 2 fully saturated rings. The minimum atomic E-state index is -0.328. The van der Waals surface area contributed by atoms with Gasteiger partial charge in [0, 0.05) is 22.7 Å². The number of ether oxygens (including phenoxy) is 2. The van der Waals surface area contributed by atoms with Crippen LogP contribution in [0.1, 0.15) is 40.9 Å². The molecule has 1 saturated carbocycles. The van der Waals surface area contributed by atoms with Crippen LogP contribution in [0.4, 0.5) is 0 Å². The minimum absolute atomic E-state index is 0.193. The number of nitrogens with zero attached hydrogens (tertiary/aromatic N) is 2. The molecule has 1 aromatic heterocycles. The van der Waals surface area contributed by atoms with Gasteiger partial charge >= 0.3 is 0 Å². The van der Waals surface area contributed by atoms with Gasteiger partial charge in [-0.1, -0.05) is 11.6 Å². The Morgan fingerprint density at radius 3 is 3.00 bits per heavy atom. The number of amides is 1. The van der Waals surface area contributed by atoms with Crippen LogP contribution in [0, 0.1) is 6.92 Å². The number of aromatic nitrogens is 1. The molecular weight excluding hydrogens is 372 g/mol. The second kappa shape index (κ2) is 7.55. The Labute approximate surface area is 161 Å². The first-order valence-electron chi connectivity index (χ1n) is 8.92. The van der Waals surface area contributed by atoms with E-state index < -0.39 is 0 Å². The molecule has 0 radical (unpaired) electrons. The van der Waals surface area contributed by atoms with Crippen molar-refractivity contribution in [1.29, 1.82) is 0 Å². The van der Waals surface area contributed by atoms with E-state index in [2.05, 4.69) is 4.99 Å². The van der Waals surface area contributed by atoms with Crippen molar-refractivity contribution in [3.05, 3.63) is 44.7 Å². The highest BCUT2D eigenvalue weighted by atomic mass is 35.5. The summed E-state index contributed by atoms with van der Waals surface area (Å²) >= 11 is 7.60. The van der Waals surface area contributed by atoms with Crippen LogP contribution in [0.15, 0.2) is 29.4 Å². The average molecular weight is 393 g/mol. The lowest BCUT2D eigenvalue weighted by Gasteiger charge is -2.10. The van der Waals surface area contributed by atoms with E-state index in [4.69, 9.17) is 21.1 Å². The third-order valence-electron chi connectivity index (χ3n) is 4.45. The molecule has 1 aliphatic heterocycles. The molecule has 4 rings (SSSR count). The molecule has 1 aliphatic carbocycles. The van der Waals surface area contributed by atoms with Gasteiger partial charge in [0.1, 0.15) is 5.75 Å². The Balaban J connectivity index is 1.63. The van der Waals surface area contributed by atoms with E-state index in [-0.39, 0.29) is 18.1 Å². The van der Waals surface area contributed by atoms with Crippen LogP contribution in [0.2, 0.25) is 5.02 Å². The Hall–Kier alpha value is -1.63. The number of hydrogen-bond donors (Lipinski definition) is 0. The second-order valence-corrected chi connectivity index (χ2v) is 8.44. The Bertz CT molecular complexity index is 879. The van der Waals surface area contributed by atoms with Crippen molar-refractivity contribution in [3.63, 3.8) is 0 Å². The molecule has 1 aromatic carbocycles. The quantitative estimate of drug-likeness (QED) is 0.773.